The summed E-state index contributed by atoms with van der Waals surface area (Å²) in [5.41, 5.74) is 5.41. The molecule has 0 aliphatic carbocycles. The van der Waals surface area contributed by atoms with Crippen molar-refractivity contribution in [2.75, 3.05) is 0 Å². The molecule has 0 saturated heterocycles. The maximum Gasteiger partial charge on any atom is 0.293 e. The third-order valence-electron chi connectivity index (χ3n) is 1.31. The smallest absolute Gasteiger partial charge is 0.293 e. The molecule has 2 N–H and O–H groups in total. The topological polar surface area (TPSA) is 60.2 Å². The van der Waals surface area contributed by atoms with Crippen molar-refractivity contribution in [2.24, 2.45) is 5.73 Å². The lowest BCUT2D eigenvalue weighted by Gasteiger charge is -1.88. The van der Waals surface area contributed by atoms with Crippen LogP contribution in [0.25, 0.3) is 0 Å². The van der Waals surface area contributed by atoms with Crippen LogP contribution < -0.4 is 5.73 Å². The van der Waals surface area contributed by atoms with E-state index in [0.717, 1.165) is 0 Å². The minimum absolute atomic E-state index is 0.0521. The van der Waals surface area contributed by atoms with Gasteiger partial charge in [0.25, 0.3) is 5.91 Å². The molecule has 0 aromatic carbocycles. The Bertz CT molecular complexity index is 409. The molecule has 1 amide bonds. The van der Waals surface area contributed by atoms with E-state index < -0.39 is 5.91 Å². The van der Waals surface area contributed by atoms with Gasteiger partial charge in [-0.15, -0.1) is 11.3 Å². The van der Waals surface area contributed by atoms with Gasteiger partial charge in [0.1, 0.15) is 0 Å². The summed E-state index contributed by atoms with van der Waals surface area (Å²) < 4.78 is 0. The van der Waals surface area contributed by atoms with Crippen molar-refractivity contribution in [3.63, 3.8) is 0 Å². The number of amides is 1. The molecule has 0 atom stereocenters. The Morgan fingerprint density at radius 1 is 1.54 bits per heavy atom. The van der Waals surface area contributed by atoms with Crippen molar-refractivity contribution >= 4 is 23.0 Å². The number of thiophene rings is 1. The number of ketones is 1. The third kappa shape index (κ3) is 2.42. The average Bonchev–Trinajstić information content (AvgIpc) is 2.47. The number of hydrogen-bond donors (Lipinski definition) is 1. The zero-order valence-electron chi connectivity index (χ0n) is 6.96. The van der Waals surface area contributed by atoms with Gasteiger partial charge in [0.15, 0.2) is 5.78 Å². The van der Waals surface area contributed by atoms with Crippen molar-refractivity contribution in [3.05, 3.63) is 21.9 Å². The molecule has 0 radical (unpaired) electrons. The predicted octanol–water partition coefficient (Wildman–Crippen LogP) is 0.788. The molecule has 0 aliphatic heterocycles. The van der Waals surface area contributed by atoms with Gasteiger partial charge in [0, 0.05) is 11.5 Å². The molecule has 0 unspecified atom stereocenters. The second kappa shape index (κ2) is 3.87. The van der Waals surface area contributed by atoms with Gasteiger partial charge in [-0.2, -0.15) is 0 Å². The van der Waals surface area contributed by atoms with Gasteiger partial charge < -0.3 is 5.73 Å². The van der Waals surface area contributed by atoms with Crippen LogP contribution in [-0.4, -0.2) is 11.7 Å². The molecule has 1 heterocycles. The highest BCUT2D eigenvalue weighted by Gasteiger charge is 2.05. The summed E-state index contributed by atoms with van der Waals surface area (Å²) in [6.07, 6.45) is 0. The Kier molecular flexibility index (Phi) is 2.83. The van der Waals surface area contributed by atoms with E-state index >= 15 is 0 Å². The lowest BCUT2D eigenvalue weighted by molar-refractivity contribution is -0.112. The zero-order valence-corrected chi connectivity index (χ0v) is 7.77. The van der Waals surface area contributed by atoms with Crippen LogP contribution in [0.4, 0.5) is 0 Å². The second-order valence-electron chi connectivity index (χ2n) is 2.33. The SMILES string of the molecule is CC(=O)c1sccc1C#CC(N)=O. The van der Waals surface area contributed by atoms with Gasteiger partial charge in [0.05, 0.1) is 4.88 Å². The summed E-state index contributed by atoms with van der Waals surface area (Å²) in [4.78, 5) is 21.9. The first-order valence-corrected chi connectivity index (χ1v) is 4.39. The lowest BCUT2D eigenvalue weighted by Crippen LogP contribution is -2.06. The molecule has 0 fully saturated rings. The molecule has 66 valence electrons. The molecule has 0 bridgehead atoms. The van der Waals surface area contributed by atoms with Gasteiger partial charge >= 0.3 is 0 Å². The largest absolute Gasteiger partial charge is 0.359 e. The Morgan fingerprint density at radius 3 is 2.77 bits per heavy atom. The van der Waals surface area contributed by atoms with Gasteiger partial charge in [-0.05, 0) is 18.4 Å². The van der Waals surface area contributed by atoms with Crippen LogP contribution >= 0.6 is 11.3 Å². The zero-order chi connectivity index (χ0) is 9.84. The van der Waals surface area contributed by atoms with Crippen LogP contribution in [0, 0.1) is 11.8 Å². The predicted molar refractivity (Wildman–Crippen MR) is 50.4 cm³/mol. The van der Waals surface area contributed by atoms with E-state index in [9.17, 15) is 9.59 Å². The van der Waals surface area contributed by atoms with E-state index in [1.807, 2.05) is 0 Å². The fourth-order valence-corrected chi connectivity index (χ4v) is 1.56. The van der Waals surface area contributed by atoms with Crippen molar-refractivity contribution in [1.29, 1.82) is 0 Å². The van der Waals surface area contributed by atoms with Crippen LogP contribution in [0.1, 0.15) is 22.2 Å². The number of nitrogens with two attached hydrogens (primary N) is 1. The summed E-state index contributed by atoms with van der Waals surface area (Å²) in [5, 5.41) is 1.75. The van der Waals surface area contributed by atoms with Gasteiger partial charge in [-0.1, -0.05) is 5.92 Å². The monoisotopic (exact) mass is 193 g/mol. The number of hydrogen-bond acceptors (Lipinski definition) is 3. The van der Waals surface area contributed by atoms with Crippen molar-refractivity contribution in [2.45, 2.75) is 6.92 Å². The maximum absolute atomic E-state index is 11.0. The number of carbonyl (C=O) groups is 2. The molecule has 1 aromatic rings. The molecule has 0 aliphatic rings. The van der Waals surface area contributed by atoms with Gasteiger partial charge in [-0.25, -0.2) is 0 Å². The lowest BCUT2D eigenvalue weighted by atomic mass is 10.2. The van der Waals surface area contributed by atoms with E-state index in [2.05, 4.69) is 11.8 Å². The molecule has 1 rings (SSSR count). The van der Waals surface area contributed by atoms with Crippen molar-refractivity contribution < 1.29 is 9.59 Å². The molecule has 1 aromatic heterocycles. The number of rotatable bonds is 1. The van der Waals surface area contributed by atoms with Crippen molar-refractivity contribution in [3.8, 4) is 11.8 Å². The molecular formula is C9H7NO2S. The highest BCUT2D eigenvalue weighted by Crippen LogP contribution is 2.15. The Hall–Kier alpha value is -1.60. The van der Waals surface area contributed by atoms with E-state index in [0.29, 0.717) is 10.4 Å². The minimum atomic E-state index is -0.694. The number of primary amides is 1. The first kappa shape index (κ1) is 9.49. The summed E-state index contributed by atoms with van der Waals surface area (Å²) in [6, 6.07) is 1.69. The minimum Gasteiger partial charge on any atom is -0.359 e. The summed E-state index contributed by atoms with van der Waals surface area (Å²) in [6.45, 7) is 1.46. The fourth-order valence-electron chi connectivity index (χ4n) is 0.809. The van der Waals surface area contributed by atoms with Crippen LogP contribution in [0.5, 0.6) is 0 Å². The quantitative estimate of drug-likeness (QED) is 0.529. The van der Waals surface area contributed by atoms with Crippen LogP contribution in [0.15, 0.2) is 11.4 Å². The normalized spacial score (nSPS) is 8.69. The molecule has 0 spiro atoms. The average molecular weight is 193 g/mol. The number of carbonyl (C=O) groups excluding carboxylic acids is 2. The molecule has 0 saturated carbocycles. The second-order valence-corrected chi connectivity index (χ2v) is 3.25. The van der Waals surface area contributed by atoms with E-state index in [1.165, 1.54) is 18.3 Å². The van der Waals surface area contributed by atoms with Gasteiger partial charge in [-0.3, -0.25) is 9.59 Å². The van der Waals surface area contributed by atoms with Crippen LogP contribution in [0.3, 0.4) is 0 Å². The first-order chi connectivity index (χ1) is 6.11. The van der Waals surface area contributed by atoms with E-state index in [4.69, 9.17) is 5.73 Å². The van der Waals surface area contributed by atoms with Crippen LogP contribution in [0.2, 0.25) is 0 Å². The Morgan fingerprint density at radius 2 is 2.23 bits per heavy atom. The molecule has 3 nitrogen and oxygen atoms in total. The van der Waals surface area contributed by atoms with Crippen molar-refractivity contribution in [1.82, 2.24) is 0 Å². The number of Topliss-reactive ketones (excluding diaryl/α,β-unsaturated/α-hetero) is 1. The fraction of sp³-hybridized carbons (Fsp3) is 0.111. The Labute approximate surface area is 79.6 Å². The Balaban J connectivity index is 3.04. The maximum atomic E-state index is 11.0. The summed E-state index contributed by atoms with van der Waals surface area (Å²) >= 11 is 1.31. The third-order valence-corrected chi connectivity index (χ3v) is 2.32. The highest BCUT2D eigenvalue weighted by atomic mass is 32.1. The standard InChI is InChI=1S/C9H7NO2S/c1-6(11)9-7(4-5-13-9)2-3-8(10)12/h4-5H,1H3,(H2,10,12). The molecular weight excluding hydrogens is 186 g/mol. The van der Waals surface area contributed by atoms with Gasteiger partial charge in [0.2, 0.25) is 0 Å². The van der Waals surface area contributed by atoms with E-state index in [1.54, 1.807) is 11.4 Å². The molecule has 13 heavy (non-hydrogen) atoms. The molecule has 4 heteroatoms. The van der Waals surface area contributed by atoms with E-state index in [-0.39, 0.29) is 5.78 Å². The highest BCUT2D eigenvalue weighted by molar-refractivity contribution is 7.12. The summed E-state index contributed by atoms with van der Waals surface area (Å²) in [7, 11) is 0. The first-order valence-electron chi connectivity index (χ1n) is 3.51. The van der Waals surface area contributed by atoms with Crippen LogP contribution in [-0.2, 0) is 4.79 Å². The summed E-state index contributed by atoms with van der Waals surface area (Å²) in [5.74, 6) is 3.98.